The van der Waals surface area contributed by atoms with E-state index in [1.54, 1.807) is 0 Å². The first kappa shape index (κ1) is 14.3. The van der Waals surface area contributed by atoms with Gasteiger partial charge in [-0.15, -0.1) is 0 Å². The van der Waals surface area contributed by atoms with Crippen molar-refractivity contribution in [2.45, 2.75) is 17.4 Å². The summed E-state index contributed by atoms with van der Waals surface area (Å²) in [6, 6.07) is 3.51. The predicted molar refractivity (Wildman–Crippen MR) is 67.8 cm³/mol. The molecule has 0 aromatic heterocycles. The second kappa shape index (κ2) is 5.09. The molecule has 19 heavy (non-hydrogen) atoms. The predicted octanol–water partition coefficient (Wildman–Crippen LogP) is 0.794. The van der Waals surface area contributed by atoms with E-state index in [9.17, 15) is 18.3 Å². The number of carboxylic acid groups (broad SMARTS) is 1. The van der Waals surface area contributed by atoms with E-state index < -0.39 is 22.1 Å². The van der Waals surface area contributed by atoms with E-state index >= 15 is 0 Å². The standard InChI is InChI=1S/C11H12ClNO5S/c12-9-2-1-7(11(15)16)5-10(9)19(17,18)13-4-3-8(14)6-13/h1-2,5,8,14H,3-4,6H2,(H,15,16). The lowest BCUT2D eigenvalue weighted by Gasteiger charge is -2.16. The molecule has 2 rings (SSSR count). The number of aromatic carboxylic acids is 1. The molecule has 0 saturated carbocycles. The van der Waals surface area contributed by atoms with Gasteiger partial charge in [0.2, 0.25) is 10.0 Å². The van der Waals surface area contributed by atoms with Crippen LogP contribution in [0.1, 0.15) is 16.8 Å². The van der Waals surface area contributed by atoms with Crippen molar-refractivity contribution < 1.29 is 23.4 Å². The smallest absolute Gasteiger partial charge is 0.335 e. The number of rotatable bonds is 3. The van der Waals surface area contributed by atoms with Crippen molar-refractivity contribution in [1.82, 2.24) is 4.31 Å². The Hall–Kier alpha value is -1.15. The van der Waals surface area contributed by atoms with Crippen LogP contribution in [0.5, 0.6) is 0 Å². The maximum atomic E-state index is 12.3. The highest BCUT2D eigenvalue weighted by Gasteiger charge is 2.33. The number of carbonyl (C=O) groups is 1. The highest BCUT2D eigenvalue weighted by atomic mass is 35.5. The number of carboxylic acids is 1. The molecule has 1 atom stereocenters. The first-order valence-corrected chi connectivity index (χ1v) is 7.35. The minimum absolute atomic E-state index is 0.00401. The Morgan fingerprint density at radius 3 is 2.63 bits per heavy atom. The fourth-order valence-electron chi connectivity index (χ4n) is 1.90. The average molecular weight is 306 g/mol. The summed E-state index contributed by atoms with van der Waals surface area (Å²) in [4.78, 5) is 10.6. The number of nitrogens with zero attached hydrogens (tertiary/aromatic N) is 1. The summed E-state index contributed by atoms with van der Waals surface area (Å²) in [7, 11) is -3.88. The van der Waals surface area contributed by atoms with Crippen LogP contribution in [0.15, 0.2) is 23.1 Å². The van der Waals surface area contributed by atoms with Gasteiger partial charge in [-0.2, -0.15) is 4.31 Å². The molecular formula is C11H12ClNO5S. The molecule has 0 amide bonds. The molecule has 2 N–H and O–H groups in total. The topological polar surface area (TPSA) is 94.9 Å². The molecule has 0 aliphatic carbocycles. The summed E-state index contributed by atoms with van der Waals surface area (Å²) in [6.07, 6.45) is -0.341. The molecule has 104 valence electrons. The Kier molecular flexibility index (Phi) is 3.82. The summed E-state index contributed by atoms with van der Waals surface area (Å²) < 4.78 is 25.7. The summed E-state index contributed by atoms with van der Waals surface area (Å²) in [5.74, 6) is -1.23. The molecule has 1 fully saturated rings. The normalized spacial score (nSPS) is 20.6. The van der Waals surface area contributed by atoms with Crippen molar-refractivity contribution in [3.8, 4) is 0 Å². The van der Waals surface area contributed by atoms with E-state index in [1.807, 2.05) is 0 Å². The highest BCUT2D eigenvalue weighted by Crippen LogP contribution is 2.28. The molecule has 6 nitrogen and oxygen atoms in total. The minimum atomic E-state index is -3.88. The Morgan fingerprint density at radius 1 is 1.42 bits per heavy atom. The van der Waals surface area contributed by atoms with Crippen molar-refractivity contribution in [3.05, 3.63) is 28.8 Å². The van der Waals surface area contributed by atoms with Gasteiger partial charge < -0.3 is 10.2 Å². The number of halogens is 1. The summed E-state index contributed by atoms with van der Waals surface area (Å²) in [5, 5.41) is 18.2. The third-order valence-electron chi connectivity index (χ3n) is 2.92. The van der Waals surface area contributed by atoms with Gasteiger partial charge in [0, 0.05) is 13.1 Å². The molecule has 1 aromatic rings. The van der Waals surface area contributed by atoms with E-state index in [0.29, 0.717) is 6.42 Å². The van der Waals surface area contributed by atoms with Gasteiger partial charge in [0.15, 0.2) is 0 Å². The van der Waals surface area contributed by atoms with Crippen LogP contribution >= 0.6 is 11.6 Å². The minimum Gasteiger partial charge on any atom is -0.478 e. The molecule has 1 unspecified atom stereocenters. The molecule has 0 spiro atoms. The van der Waals surface area contributed by atoms with E-state index in [1.165, 1.54) is 12.1 Å². The Balaban J connectivity index is 2.45. The lowest BCUT2D eigenvalue weighted by molar-refractivity contribution is 0.0696. The zero-order chi connectivity index (χ0) is 14.2. The first-order chi connectivity index (χ1) is 8.82. The summed E-state index contributed by atoms with van der Waals surface area (Å²) >= 11 is 5.84. The van der Waals surface area contributed by atoms with Crippen molar-refractivity contribution >= 4 is 27.6 Å². The second-order valence-corrected chi connectivity index (χ2v) is 6.57. The van der Waals surface area contributed by atoms with Gasteiger partial charge in [-0.25, -0.2) is 13.2 Å². The zero-order valence-corrected chi connectivity index (χ0v) is 11.4. The Morgan fingerprint density at radius 2 is 2.11 bits per heavy atom. The van der Waals surface area contributed by atoms with Crippen LogP contribution in [0, 0.1) is 0 Å². The van der Waals surface area contributed by atoms with Crippen LogP contribution in [0.25, 0.3) is 0 Å². The number of aliphatic hydroxyl groups excluding tert-OH is 1. The van der Waals surface area contributed by atoms with Crippen molar-refractivity contribution in [2.75, 3.05) is 13.1 Å². The summed E-state index contributed by atoms with van der Waals surface area (Å²) in [5.41, 5.74) is -0.150. The molecular weight excluding hydrogens is 294 g/mol. The van der Waals surface area contributed by atoms with Crippen molar-refractivity contribution in [1.29, 1.82) is 0 Å². The van der Waals surface area contributed by atoms with E-state index in [2.05, 4.69) is 0 Å². The Labute approximate surface area is 115 Å². The second-order valence-electron chi connectivity index (χ2n) is 4.26. The van der Waals surface area contributed by atoms with E-state index in [0.717, 1.165) is 10.4 Å². The van der Waals surface area contributed by atoms with E-state index in [4.69, 9.17) is 16.7 Å². The SMILES string of the molecule is O=C(O)c1ccc(Cl)c(S(=O)(=O)N2CCC(O)C2)c1. The van der Waals surface area contributed by atoms with Gasteiger partial charge in [0.1, 0.15) is 4.90 Å². The van der Waals surface area contributed by atoms with Gasteiger partial charge in [0.25, 0.3) is 0 Å². The number of benzene rings is 1. The van der Waals surface area contributed by atoms with Crippen LogP contribution in [0.2, 0.25) is 5.02 Å². The largest absolute Gasteiger partial charge is 0.478 e. The zero-order valence-electron chi connectivity index (χ0n) is 9.78. The molecule has 1 saturated heterocycles. The maximum Gasteiger partial charge on any atom is 0.335 e. The van der Waals surface area contributed by atoms with Gasteiger partial charge in [-0.3, -0.25) is 0 Å². The number of hydrogen-bond donors (Lipinski definition) is 2. The lowest BCUT2D eigenvalue weighted by Crippen LogP contribution is -2.30. The molecule has 1 aliphatic heterocycles. The van der Waals surface area contributed by atoms with Gasteiger partial charge in [-0.1, -0.05) is 11.6 Å². The highest BCUT2D eigenvalue weighted by molar-refractivity contribution is 7.89. The molecule has 0 bridgehead atoms. The molecule has 0 radical (unpaired) electrons. The molecule has 1 aromatic carbocycles. The third-order valence-corrected chi connectivity index (χ3v) is 5.27. The lowest BCUT2D eigenvalue weighted by atomic mass is 10.2. The van der Waals surface area contributed by atoms with Crippen LogP contribution in [0.4, 0.5) is 0 Å². The van der Waals surface area contributed by atoms with Gasteiger partial charge in [-0.05, 0) is 24.6 Å². The number of aliphatic hydroxyl groups is 1. The van der Waals surface area contributed by atoms with Gasteiger partial charge >= 0.3 is 5.97 Å². The average Bonchev–Trinajstić information content (AvgIpc) is 2.76. The summed E-state index contributed by atoms with van der Waals surface area (Å²) in [6.45, 7) is 0.188. The maximum absolute atomic E-state index is 12.3. The Bertz CT molecular complexity index is 616. The fourth-order valence-corrected chi connectivity index (χ4v) is 3.89. The molecule has 1 aliphatic rings. The van der Waals surface area contributed by atoms with Gasteiger partial charge in [0.05, 0.1) is 16.7 Å². The van der Waals surface area contributed by atoms with Crippen LogP contribution in [-0.2, 0) is 10.0 Å². The molecule has 1 heterocycles. The third kappa shape index (κ3) is 2.74. The van der Waals surface area contributed by atoms with E-state index in [-0.39, 0.29) is 28.6 Å². The number of β-amino-alcohol motifs (C(OH)–C–C–N with tert-alkyl or cyclic N) is 1. The first-order valence-electron chi connectivity index (χ1n) is 5.53. The van der Waals surface area contributed by atoms with Crippen LogP contribution < -0.4 is 0 Å². The quantitative estimate of drug-likeness (QED) is 0.861. The number of sulfonamides is 1. The monoisotopic (exact) mass is 305 g/mol. The van der Waals surface area contributed by atoms with Crippen molar-refractivity contribution in [3.63, 3.8) is 0 Å². The van der Waals surface area contributed by atoms with Crippen molar-refractivity contribution in [2.24, 2.45) is 0 Å². The fraction of sp³-hybridized carbons (Fsp3) is 0.364. The number of hydrogen-bond acceptors (Lipinski definition) is 4. The van der Waals surface area contributed by atoms with Crippen LogP contribution in [0.3, 0.4) is 0 Å². The molecule has 8 heteroatoms. The van der Waals surface area contributed by atoms with Crippen LogP contribution in [-0.4, -0.2) is 48.1 Å².